The highest BCUT2D eigenvalue weighted by Gasteiger charge is 2.14. The Morgan fingerprint density at radius 3 is 2.86 bits per heavy atom. The van der Waals surface area contributed by atoms with Gasteiger partial charge in [0.25, 0.3) is 0 Å². The van der Waals surface area contributed by atoms with Gasteiger partial charge in [-0.25, -0.2) is 14.1 Å². The molecule has 1 aromatic carbocycles. The lowest BCUT2D eigenvalue weighted by molar-refractivity contribution is 0.455. The van der Waals surface area contributed by atoms with Gasteiger partial charge in [0.2, 0.25) is 0 Å². The van der Waals surface area contributed by atoms with E-state index in [2.05, 4.69) is 10.1 Å². The van der Waals surface area contributed by atoms with Crippen LogP contribution in [0.5, 0.6) is 0 Å². The highest BCUT2D eigenvalue weighted by atomic mass is 32.2. The van der Waals surface area contributed by atoms with Crippen LogP contribution in [0.1, 0.15) is 5.56 Å². The van der Waals surface area contributed by atoms with Crippen LogP contribution in [-0.4, -0.2) is 45.2 Å². The fraction of sp³-hybridized carbons (Fsp3) is 0.333. The minimum absolute atomic E-state index is 0.206. The number of hydrogen-bond donors (Lipinski definition) is 1. The molecular formula is C15H18FN5S. The van der Waals surface area contributed by atoms with Gasteiger partial charge in [0, 0.05) is 42.6 Å². The lowest BCUT2D eigenvalue weighted by Crippen LogP contribution is -2.42. The van der Waals surface area contributed by atoms with Crippen LogP contribution in [0.15, 0.2) is 41.7 Å². The molecular weight excluding hydrogens is 301 g/mol. The average molecular weight is 319 g/mol. The maximum atomic E-state index is 14.2. The van der Waals surface area contributed by atoms with Crippen molar-refractivity contribution >= 4 is 17.7 Å². The van der Waals surface area contributed by atoms with Crippen LogP contribution in [0.3, 0.4) is 0 Å². The fourth-order valence-electron chi connectivity index (χ4n) is 2.38. The largest absolute Gasteiger partial charge is 0.370 e. The molecule has 5 nitrogen and oxygen atoms in total. The summed E-state index contributed by atoms with van der Waals surface area (Å²) in [4.78, 5) is 6.43. The Labute approximate surface area is 133 Å². The summed E-state index contributed by atoms with van der Waals surface area (Å²) >= 11 is 1.91. The van der Waals surface area contributed by atoms with Gasteiger partial charge in [0.05, 0.1) is 12.2 Å². The van der Waals surface area contributed by atoms with Crippen molar-refractivity contribution in [3.63, 3.8) is 0 Å². The molecule has 0 amide bonds. The molecule has 0 atom stereocenters. The second kappa shape index (κ2) is 6.83. The zero-order valence-electron chi connectivity index (χ0n) is 12.2. The highest BCUT2D eigenvalue weighted by molar-refractivity contribution is 7.99. The van der Waals surface area contributed by atoms with E-state index in [1.165, 1.54) is 6.07 Å². The van der Waals surface area contributed by atoms with Gasteiger partial charge >= 0.3 is 0 Å². The van der Waals surface area contributed by atoms with Gasteiger partial charge in [0.15, 0.2) is 5.96 Å². The van der Waals surface area contributed by atoms with Crippen molar-refractivity contribution < 1.29 is 4.39 Å². The SMILES string of the molecule is NC(=NCc1c(F)cccc1-n1cccn1)N1CCSCC1. The van der Waals surface area contributed by atoms with Crippen molar-refractivity contribution in [1.29, 1.82) is 0 Å². The van der Waals surface area contributed by atoms with Gasteiger partial charge in [-0.2, -0.15) is 16.9 Å². The van der Waals surface area contributed by atoms with Gasteiger partial charge in [0.1, 0.15) is 5.82 Å². The minimum atomic E-state index is -0.293. The van der Waals surface area contributed by atoms with Crippen molar-refractivity contribution in [3.05, 3.63) is 48.0 Å². The van der Waals surface area contributed by atoms with Crippen molar-refractivity contribution in [3.8, 4) is 5.69 Å². The molecule has 7 heteroatoms. The van der Waals surface area contributed by atoms with E-state index in [0.717, 1.165) is 24.6 Å². The van der Waals surface area contributed by atoms with Crippen LogP contribution in [0.25, 0.3) is 5.69 Å². The molecule has 116 valence electrons. The normalized spacial score (nSPS) is 16.0. The topological polar surface area (TPSA) is 59.4 Å². The average Bonchev–Trinajstić information content (AvgIpc) is 3.08. The molecule has 1 fully saturated rings. The van der Waals surface area contributed by atoms with Gasteiger partial charge in [-0.1, -0.05) is 6.07 Å². The Morgan fingerprint density at radius 1 is 1.32 bits per heavy atom. The predicted molar refractivity (Wildman–Crippen MR) is 87.7 cm³/mol. The van der Waals surface area contributed by atoms with Crippen LogP contribution in [0, 0.1) is 5.82 Å². The summed E-state index contributed by atoms with van der Waals surface area (Å²) in [6, 6.07) is 6.74. The van der Waals surface area contributed by atoms with Crippen molar-refractivity contribution in [1.82, 2.24) is 14.7 Å². The first kappa shape index (κ1) is 14.9. The number of aliphatic imine (C=N–C) groups is 1. The molecule has 0 bridgehead atoms. The molecule has 0 saturated carbocycles. The molecule has 22 heavy (non-hydrogen) atoms. The summed E-state index contributed by atoms with van der Waals surface area (Å²) in [7, 11) is 0. The van der Waals surface area contributed by atoms with E-state index < -0.39 is 0 Å². The first-order chi connectivity index (χ1) is 10.8. The summed E-state index contributed by atoms with van der Waals surface area (Å²) in [5.41, 5.74) is 7.23. The van der Waals surface area contributed by atoms with E-state index in [0.29, 0.717) is 17.2 Å². The standard InChI is InChI=1S/C15H18FN5S/c16-13-3-1-4-14(21-6-2-5-19-21)12(13)11-18-15(17)20-7-9-22-10-8-20/h1-6H,7-11H2,(H2,17,18). The monoisotopic (exact) mass is 319 g/mol. The van der Waals surface area contributed by atoms with Crippen LogP contribution in [0.2, 0.25) is 0 Å². The Balaban J connectivity index is 1.82. The molecule has 0 aliphatic carbocycles. The van der Waals surface area contributed by atoms with E-state index >= 15 is 0 Å². The van der Waals surface area contributed by atoms with Crippen LogP contribution < -0.4 is 5.73 Å². The van der Waals surface area contributed by atoms with Crippen LogP contribution >= 0.6 is 11.8 Å². The second-order valence-corrected chi connectivity index (χ2v) is 6.19. The molecule has 0 radical (unpaired) electrons. The number of nitrogens with two attached hydrogens (primary N) is 1. The van der Waals surface area contributed by atoms with Gasteiger partial charge in [-0.15, -0.1) is 0 Å². The van der Waals surface area contributed by atoms with Crippen molar-refractivity contribution in [2.24, 2.45) is 10.7 Å². The smallest absolute Gasteiger partial charge is 0.191 e. The summed E-state index contributed by atoms with van der Waals surface area (Å²) < 4.78 is 15.8. The minimum Gasteiger partial charge on any atom is -0.370 e. The van der Waals surface area contributed by atoms with E-state index in [-0.39, 0.29) is 12.4 Å². The zero-order chi connectivity index (χ0) is 15.4. The van der Waals surface area contributed by atoms with Crippen molar-refractivity contribution in [2.45, 2.75) is 6.54 Å². The quantitative estimate of drug-likeness (QED) is 0.693. The zero-order valence-corrected chi connectivity index (χ0v) is 13.0. The molecule has 1 aliphatic rings. The third-order valence-corrected chi connectivity index (χ3v) is 4.52. The van der Waals surface area contributed by atoms with Gasteiger partial charge < -0.3 is 10.6 Å². The van der Waals surface area contributed by atoms with Crippen LogP contribution in [-0.2, 0) is 6.54 Å². The van der Waals surface area contributed by atoms with E-state index in [4.69, 9.17) is 5.73 Å². The fourth-order valence-corrected chi connectivity index (χ4v) is 3.29. The van der Waals surface area contributed by atoms with E-state index in [9.17, 15) is 4.39 Å². The Bertz CT molecular complexity index is 650. The van der Waals surface area contributed by atoms with E-state index in [1.807, 2.05) is 22.7 Å². The van der Waals surface area contributed by atoms with Crippen molar-refractivity contribution in [2.75, 3.05) is 24.6 Å². The lowest BCUT2D eigenvalue weighted by Gasteiger charge is -2.27. The highest BCUT2D eigenvalue weighted by Crippen LogP contribution is 2.18. The van der Waals surface area contributed by atoms with E-state index in [1.54, 1.807) is 29.2 Å². The molecule has 2 heterocycles. The third-order valence-electron chi connectivity index (χ3n) is 3.58. The van der Waals surface area contributed by atoms with Gasteiger partial charge in [-0.3, -0.25) is 0 Å². The predicted octanol–water partition coefficient (Wildman–Crippen LogP) is 1.87. The second-order valence-electron chi connectivity index (χ2n) is 4.96. The molecule has 1 aliphatic heterocycles. The summed E-state index contributed by atoms with van der Waals surface area (Å²) in [5.74, 6) is 2.29. The maximum Gasteiger partial charge on any atom is 0.191 e. The Hall–Kier alpha value is -2.02. The summed E-state index contributed by atoms with van der Waals surface area (Å²) in [6.07, 6.45) is 3.45. The first-order valence-electron chi connectivity index (χ1n) is 7.16. The molecule has 2 N–H and O–H groups in total. The Kier molecular flexibility index (Phi) is 4.62. The molecule has 0 unspecified atom stereocenters. The molecule has 3 rings (SSSR count). The number of benzene rings is 1. The third kappa shape index (κ3) is 3.24. The number of halogens is 1. The lowest BCUT2D eigenvalue weighted by atomic mass is 10.1. The molecule has 2 aromatic rings. The maximum absolute atomic E-state index is 14.2. The molecule has 1 aromatic heterocycles. The van der Waals surface area contributed by atoms with Crippen LogP contribution in [0.4, 0.5) is 4.39 Å². The Morgan fingerprint density at radius 2 is 2.14 bits per heavy atom. The number of aromatic nitrogens is 2. The molecule has 0 spiro atoms. The number of rotatable bonds is 3. The number of nitrogens with zero attached hydrogens (tertiary/aromatic N) is 4. The first-order valence-corrected chi connectivity index (χ1v) is 8.31. The van der Waals surface area contributed by atoms with Gasteiger partial charge in [-0.05, 0) is 18.2 Å². The summed E-state index contributed by atoms with van der Waals surface area (Å²) in [6.45, 7) is 1.99. The number of hydrogen-bond acceptors (Lipinski definition) is 3. The molecule has 1 saturated heterocycles. The summed E-state index contributed by atoms with van der Waals surface area (Å²) in [5, 5.41) is 4.16. The number of guanidine groups is 1. The number of thioether (sulfide) groups is 1.